The Morgan fingerprint density at radius 1 is 0.960 bits per heavy atom. The van der Waals surface area contributed by atoms with Gasteiger partial charge in [-0.15, -0.1) is 0 Å². The molecular weight excluding hydrogens is 383 g/mol. The van der Waals surface area contributed by atoms with Crippen LogP contribution in [0.4, 0.5) is 0 Å². The van der Waals surface area contributed by atoms with E-state index in [4.69, 9.17) is 39.9 Å². The molecule has 1 N–H and O–H groups in total. The number of hydrogen-bond acceptors (Lipinski definition) is 2. The number of halogens is 3. The van der Waals surface area contributed by atoms with E-state index in [0.717, 1.165) is 16.9 Å². The topological polar surface area (TPSA) is 55.1 Å². The summed E-state index contributed by atoms with van der Waals surface area (Å²) in [6.07, 6.45) is 0.338. The SMILES string of the molecule is O=C(O)CCc1cc(-c2cc(Cl)cc(Cl)c2)n(-c2ccc(Cl)cc2)n1. The van der Waals surface area contributed by atoms with Gasteiger partial charge in [0.1, 0.15) is 0 Å². The highest BCUT2D eigenvalue weighted by Gasteiger charge is 2.14. The van der Waals surface area contributed by atoms with Crippen molar-refractivity contribution in [2.24, 2.45) is 0 Å². The molecule has 0 fully saturated rings. The molecule has 4 nitrogen and oxygen atoms in total. The van der Waals surface area contributed by atoms with E-state index >= 15 is 0 Å². The number of hydrogen-bond donors (Lipinski definition) is 1. The van der Waals surface area contributed by atoms with Crippen molar-refractivity contribution in [2.45, 2.75) is 12.8 Å². The first-order chi connectivity index (χ1) is 11.9. The zero-order chi connectivity index (χ0) is 18.0. The Kier molecular flexibility index (Phi) is 5.33. The highest BCUT2D eigenvalue weighted by molar-refractivity contribution is 6.35. The van der Waals surface area contributed by atoms with Crippen molar-refractivity contribution < 1.29 is 9.90 Å². The quantitative estimate of drug-likeness (QED) is 0.619. The summed E-state index contributed by atoms with van der Waals surface area (Å²) in [5.74, 6) is -0.867. The van der Waals surface area contributed by atoms with Crippen molar-refractivity contribution in [1.29, 1.82) is 0 Å². The molecule has 0 saturated carbocycles. The minimum absolute atomic E-state index is 0.00731. The van der Waals surface area contributed by atoms with Crippen LogP contribution < -0.4 is 0 Å². The number of aryl methyl sites for hydroxylation is 1. The molecule has 0 bridgehead atoms. The number of carboxylic acids is 1. The van der Waals surface area contributed by atoms with Crippen molar-refractivity contribution >= 4 is 40.8 Å². The third-order valence-corrected chi connectivity index (χ3v) is 4.27. The number of carbonyl (C=O) groups is 1. The van der Waals surface area contributed by atoms with Gasteiger partial charge in [0, 0.05) is 27.1 Å². The summed E-state index contributed by atoms with van der Waals surface area (Å²) in [4.78, 5) is 10.8. The van der Waals surface area contributed by atoms with E-state index in [1.54, 1.807) is 35.0 Å². The molecule has 0 amide bonds. The van der Waals surface area contributed by atoms with Gasteiger partial charge in [0.25, 0.3) is 0 Å². The van der Waals surface area contributed by atoms with Crippen molar-refractivity contribution in [3.05, 3.63) is 69.3 Å². The van der Waals surface area contributed by atoms with Crippen LogP contribution in [-0.2, 0) is 11.2 Å². The maximum Gasteiger partial charge on any atom is 0.303 e. The molecule has 1 heterocycles. The number of rotatable bonds is 5. The largest absolute Gasteiger partial charge is 0.481 e. The summed E-state index contributed by atoms with van der Waals surface area (Å²) in [5, 5.41) is 15.1. The fourth-order valence-corrected chi connectivity index (χ4v) is 3.13. The molecule has 25 heavy (non-hydrogen) atoms. The highest BCUT2D eigenvalue weighted by Crippen LogP contribution is 2.30. The molecule has 0 saturated heterocycles. The third-order valence-electron chi connectivity index (χ3n) is 3.58. The lowest BCUT2D eigenvalue weighted by Gasteiger charge is -2.08. The van der Waals surface area contributed by atoms with E-state index in [1.165, 1.54) is 0 Å². The Balaban J connectivity index is 2.10. The second-order valence-corrected chi connectivity index (χ2v) is 6.77. The molecule has 0 unspecified atom stereocenters. The molecule has 3 rings (SSSR count). The zero-order valence-corrected chi connectivity index (χ0v) is 15.2. The maximum atomic E-state index is 10.8. The summed E-state index contributed by atoms with van der Waals surface area (Å²) in [6, 6.07) is 14.3. The summed E-state index contributed by atoms with van der Waals surface area (Å²) in [7, 11) is 0. The van der Waals surface area contributed by atoms with E-state index in [0.29, 0.717) is 27.2 Å². The average molecular weight is 396 g/mol. The smallest absolute Gasteiger partial charge is 0.303 e. The molecule has 7 heteroatoms. The fraction of sp³-hybridized carbons (Fsp3) is 0.111. The van der Waals surface area contributed by atoms with Crippen molar-refractivity contribution in [1.82, 2.24) is 9.78 Å². The molecule has 0 atom stereocenters. The predicted molar refractivity (Wildman–Crippen MR) is 100.0 cm³/mol. The van der Waals surface area contributed by atoms with E-state index in [-0.39, 0.29) is 6.42 Å². The number of carboxylic acid groups (broad SMARTS) is 1. The number of nitrogens with zero attached hydrogens (tertiary/aromatic N) is 2. The molecule has 1 aromatic heterocycles. The van der Waals surface area contributed by atoms with Crippen LogP contribution in [0.15, 0.2) is 48.5 Å². The summed E-state index contributed by atoms with van der Waals surface area (Å²) in [6.45, 7) is 0. The van der Waals surface area contributed by atoms with Crippen LogP contribution in [0, 0.1) is 0 Å². The van der Waals surface area contributed by atoms with Gasteiger partial charge in [0.15, 0.2) is 0 Å². The van der Waals surface area contributed by atoms with Gasteiger partial charge in [-0.3, -0.25) is 4.79 Å². The van der Waals surface area contributed by atoms with Crippen LogP contribution in [0.3, 0.4) is 0 Å². The number of aromatic nitrogens is 2. The van der Waals surface area contributed by atoms with Crippen LogP contribution in [0.2, 0.25) is 15.1 Å². The van der Waals surface area contributed by atoms with Gasteiger partial charge in [-0.25, -0.2) is 4.68 Å². The summed E-state index contributed by atoms with van der Waals surface area (Å²) >= 11 is 18.2. The highest BCUT2D eigenvalue weighted by atomic mass is 35.5. The van der Waals surface area contributed by atoms with Crippen molar-refractivity contribution in [2.75, 3.05) is 0 Å². The molecule has 0 aliphatic rings. The Bertz CT molecular complexity index is 900. The molecule has 0 radical (unpaired) electrons. The Hall–Kier alpha value is -2.01. The standard InChI is InChI=1S/C18H13Cl3N2O2/c19-12-1-4-16(5-2-12)23-17(10-15(22-23)3-6-18(24)25)11-7-13(20)9-14(21)8-11/h1-2,4-5,7-10H,3,6H2,(H,24,25). The van der Waals surface area contributed by atoms with E-state index in [1.807, 2.05) is 18.2 Å². The van der Waals surface area contributed by atoms with Crippen LogP contribution in [0.25, 0.3) is 16.9 Å². The average Bonchev–Trinajstić information content (AvgIpc) is 2.97. The van der Waals surface area contributed by atoms with Gasteiger partial charge >= 0.3 is 5.97 Å². The molecule has 128 valence electrons. The second-order valence-electron chi connectivity index (χ2n) is 5.46. The fourth-order valence-electron chi connectivity index (χ4n) is 2.47. The van der Waals surface area contributed by atoms with Crippen LogP contribution in [0.1, 0.15) is 12.1 Å². The third kappa shape index (κ3) is 4.34. The summed E-state index contributed by atoms with van der Waals surface area (Å²) in [5.41, 5.74) is 3.04. The van der Waals surface area contributed by atoms with Crippen molar-refractivity contribution in [3.8, 4) is 16.9 Å². The number of aliphatic carboxylic acids is 1. The first-order valence-corrected chi connectivity index (χ1v) is 8.59. The molecule has 3 aromatic rings. The monoisotopic (exact) mass is 394 g/mol. The Morgan fingerprint density at radius 2 is 1.60 bits per heavy atom. The van der Waals surface area contributed by atoms with Crippen molar-refractivity contribution in [3.63, 3.8) is 0 Å². The molecule has 0 aliphatic carbocycles. The normalized spacial score (nSPS) is 10.8. The zero-order valence-electron chi connectivity index (χ0n) is 12.9. The first-order valence-electron chi connectivity index (χ1n) is 7.45. The first kappa shape index (κ1) is 17.8. The predicted octanol–water partition coefficient (Wildman–Crippen LogP) is 5.52. The molecule has 0 spiro atoms. The second kappa shape index (κ2) is 7.48. The van der Waals surface area contributed by atoms with Crippen LogP contribution in [0.5, 0.6) is 0 Å². The van der Waals surface area contributed by atoms with Gasteiger partial charge in [-0.05, 0) is 48.5 Å². The van der Waals surface area contributed by atoms with Gasteiger partial charge in [0.2, 0.25) is 0 Å². The van der Waals surface area contributed by atoms with E-state index in [9.17, 15) is 4.79 Å². The molecule has 2 aromatic carbocycles. The lowest BCUT2D eigenvalue weighted by molar-refractivity contribution is -0.136. The van der Waals surface area contributed by atoms with E-state index in [2.05, 4.69) is 5.10 Å². The lowest BCUT2D eigenvalue weighted by Crippen LogP contribution is -2.01. The minimum Gasteiger partial charge on any atom is -0.481 e. The Labute approximate surface area is 159 Å². The lowest BCUT2D eigenvalue weighted by atomic mass is 10.1. The molecular formula is C18H13Cl3N2O2. The van der Waals surface area contributed by atoms with Gasteiger partial charge in [-0.1, -0.05) is 34.8 Å². The van der Waals surface area contributed by atoms with Crippen LogP contribution in [-0.4, -0.2) is 20.9 Å². The maximum absolute atomic E-state index is 10.8. The Morgan fingerprint density at radius 3 is 2.20 bits per heavy atom. The van der Waals surface area contributed by atoms with Gasteiger partial charge in [-0.2, -0.15) is 5.10 Å². The molecule has 0 aliphatic heterocycles. The van der Waals surface area contributed by atoms with Crippen LogP contribution >= 0.6 is 34.8 Å². The van der Waals surface area contributed by atoms with Gasteiger partial charge < -0.3 is 5.11 Å². The summed E-state index contributed by atoms with van der Waals surface area (Å²) < 4.78 is 1.73. The van der Waals surface area contributed by atoms with E-state index < -0.39 is 5.97 Å². The minimum atomic E-state index is -0.867. The van der Waals surface area contributed by atoms with Gasteiger partial charge in [0.05, 0.1) is 23.5 Å². The number of benzene rings is 2.